The zero-order valence-corrected chi connectivity index (χ0v) is 9.58. The summed E-state index contributed by atoms with van der Waals surface area (Å²) < 4.78 is 9.41. The molecular formula is C11H20O4. The number of carbonyl (C=O) groups excluding carboxylic acids is 2. The number of esters is 2. The Morgan fingerprint density at radius 2 is 1.27 bits per heavy atom. The molecule has 0 radical (unpaired) electrons. The van der Waals surface area contributed by atoms with Crippen LogP contribution in [0.25, 0.3) is 0 Å². The van der Waals surface area contributed by atoms with Crippen molar-refractivity contribution < 1.29 is 19.1 Å². The Morgan fingerprint density at radius 1 is 0.800 bits per heavy atom. The molecule has 0 saturated heterocycles. The summed E-state index contributed by atoms with van der Waals surface area (Å²) in [7, 11) is 0. The second-order valence-corrected chi connectivity index (χ2v) is 3.33. The van der Waals surface area contributed by atoms with Crippen LogP contribution in [0.15, 0.2) is 0 Å². The minimum Gasteiger partial charge on any atom is -0.457 e. The predicted octanol–water partition coefficient (Wildman–Crippen LogP) is 2.06. The van der Waals surface area contributed by atoms with Crippen molar-refractivity contribution in [3.8, 4) is 0 Å². The molecule has 0 aliphatic carbocycles. The summed E-state index contributed by atoms with van der Waals surface area (Å²) in [5.41, 5.74) is 0. The highest BCUT2D eigenvalue weighted by Crippen LogP contribution is 1.96. The van der Waals surface area contributed by atoms with E-state index in [1.807, 2.05) is 6.92 Å². The third-order valence-electron chi connectivity index (χ3n) is 1.88. The summed E-state index contributed by atoms with van der Waals surface area (Å²) in [6.07, 6.45) is 4.55. The summed E-state index contributed by atoms with van der Waals surface area (Å²) in [4.78, 5) is 22.0. The first-order valence-electron chi connectivity index (χ1n) is 5.56. The van der Waals surface area contributed by atoms with Crippen LogP contribution >= 0.6 is 0 Å². The summed E-state index contributed by atoms with van der Waals surface area (Å²) in [6.45, 7) is 4.63. The number of hydrogen-bond donors (Lipinski definition) is 0. The van der Waals surface area contributed by atoms with E-state index in [2.05, 4.69) is 11.7 Å². The normalized spacial score (nSPS) is 9.73. The maximum atomic E-state index is 11.0. The summed E-state index contributed by atoms with van der Waals surface area (Å²) in [6, 6.07) is 0. The Labute approximate surface area is 90.9 Å². The molecule has 0 aromatic heterocycles. The lowest BCUT2D eigenvalue weighted by molar-refractivity contribution is -0.167. The number of hydrogen-bond acceptors (Lipinski definition) is 4. The van der Waals surface area contributed by atoms with Crippen molar-refractivity contribution in [2.24, 2.45) is 0 Å². The van der Waals surface area contributed by atoms with Crippen LogP contribution in [0, 0.1) is 0 Å². The fourth-order valence-electron chi connectivity index (χ4n) is 0.944. The Morgan fingerprint density at radius 3 is 1.73 bits per heavy atom. The lowest BCUT2D eigenvalue weighted by Gasteiger charge is -2.04. The van der Waals surface area contributed by atoms with Crippen molar-refractivity contribution in [2.75, 3.05) is 13.2 Å². The smallest absolute Gasteiger partial charge is 0.417 e. The molecule has 0 unspecified atom stereocenters. The summed E-state index contributed by atoms with van der Waals surface area (Å²) in [5, 5.41) is 0. The predicted molar refractivity (Wildman–Crippen MR) is 56.4 cm³/mol. The van der Waals surface area contributed by atoms with Gasteiger partial charge in [-0.05, 0) is 12.8 Å². The van der Waals surface area contributed by atoms with Gasteiger partial charge in [-0.25, -0.2) is 9.59 Å². The Balaban J connectivity index is 3.47. The van der Waals surface area contributed by atoms with Gasteiger partial charge in [0.1, 0.15) is 0 Å². The van der Waals surface area contributed by atoms with Crippen LogP contribution < -0.4 is 0 Å². The largest absolute Gasteiger partial charge is 0.457 e. The average molecular weight is 216 g/mol. The van der Waals surface area contributed by atoms with Crippen LogP contribution in [0.1, 0.15) is 46.0 Å². The van der Waals surface area contributed by atoms with Gasteiger partial charge in [0.25, 0.3) is 0 Å². The summed E-state index contributed by atoms with van der Waals surface area (Å²) in [5.74, 6) is -1.75. The van der Waals surface area contributed by atoms with Gasteiger partial charge in [-0.1, -0.05) is 33.1 Å². The lowest BCUT2D eigenvalue weighted by atomic mass is 10.3. The Bertz CT molecular complexity index is 189. The van der Waals surface area contributed by atoms with E-state index in [0.29, 0.717) is 13.2 Å². The van der Waals surface area contributed by atoms with E-state index in [0.717, 1.165) is 32.1 Å². The van der Waals surface area contributed by atoms with E-state index in [1.165, 1.54) is 0 Å². The second-order valence-electron chi connectivity index (χ2n) is 3.33. The fourth-order valence-corrected chi connectivity index (χ4v) is 0.944. The van der Waals surface area contributed by atoms with E-state index in [-0.39, 0.29) is 0 Å². The SMILES string of the molecule is CCCCCOC(=O)C(=O)OCCCC. The van der Waals surface area contributed by atoms with Gasteiger partial charge in [0.15, 0.2) is 0 Å². The molecule has 0 heterocycles. The molecule has 0 amide bonds. The molecule has 4 heteroatoms. The number of ether oxygens (including phenoxy) is 2. The molecule has 0 aromatic rings. The van der Waals surface area contributed by atoms with Crippen molar-refractivity contribution in [3.05, 3.63) is 0 Å². The molecule has 0 fully saturated rings. The molecule has 4 nitrogen and oxygen atoms in total. The molecule has 0 aliphatic rings. The van der Waals surface area contributed by atoms with E-state index >= 15 is 0 Å². The molecule has 0 rings (SSSR count). The highest BCUT2D eigenvalue weighted by Gasteiger charge is 2.16. The van der Waals surface area contributed by atoms with Gasteiger partial charge in [0.2, 0.25) is 0 Å². The monoisotopic (exact) mass is 216 g/mol. The van der Waals surface area contributed by atoms with Gasteiger partial charge in [0.05, 0.1) is 13.2 Å². The van der Waals surface area contributed by atoms with Gasteiger partial charge in [-0.3, -0.25) is 0 Å². The molecule has 15 heavy (non-hydrogen) atoms. The van der Waals surface area contributed by atoms with Crippen molar-refractivity contribution in [1.82, 2.24) is 0 Å². The number of carbonyl (C=O) groups is 2. The Hall–Kier alpha value is -1.06. The maximum absolute atomic E-state index is 11.0. The van der Waals surface area contributed by atoms with Crippen molar-refractivity contribution in [1.29, 1.82) is 0 Å². The molecule has 0 aliphatic heterocycles. The third kappa shape index (κ3) is 7.97. The fraction of sp³-hybridized carbons (Fsp3) is 0.818. The standard InChI is InChI=1S/C11H20O4/c1-3-5-7-9-15-11(13)10(12)14-8-6-4-2/h3-9H2,1-2H3. The molecular weight excluding hydrogens is 196 g/mol. The van der Waals surface area contributed by atoms with Gasteiger partial charge < -0.3 is 9.47 Å². The highest BCUT2D eigenvalue weighted by molar-refractivity contribution is 6.29. The van der Waals surface area contributed by atoms with Crippen LogP contribution in [-0.2, 0) is 19.1 Å². The lowest BCUT2D eigenvalue weighted by Crippen LogP contribution is -2.21. The quantitative estimate of drug-likeness (QED) is 0.371. The molecule has 0 aromatic carbocycles. The molecule has 0 N–H and O–H groups in total. The molecule has 0 spiro atoms. The van der Waals surface area contributed by atoms with Gasteiger partial charge in [-0.2, -0.15) is 0 Å². The minimum atomic E-state index is -0.875. The zero-order chi connectivity index (χ0) is 11.5. The van der Waals surface area contributed by atoms with E-state index in [1.54, 1.807) is 0 Å². The molecule has 0 atom stereocenters. The molecule has 0 bridgehead atoms. The minimum absolute atomic E-state index is 0.291. The first kappa shape index (κ1) is 13.9. The first-order chi connectivity index (χ1) is 7.22. The summed E-state index contributed by atoms with van der Waals surface area (Å²) >= 11 is 0. The third-order valence-corrected chi connectivity index (χ3v) is 1.88. The second kappa shape index (κ2) is 9.49. The Kier molecular flexibility index (Phi) is 8.82. The van der Waals surface area contributed by atoms with Crippen molar-refractivity contribution in [3.63, 3.8) is 0 Å². The zero-order valence-electron chi connectivity index (χ0n) is 9.58. The van der Waals surface area contributed by atoms with Crippen LogP contribution in [0.2, 0.25) is 0 Å². The highest BCUT2D eigenvalue weighted by atomic mass is 16.6. The van der Waals surface area contributed by atoms with E-state index in [9.17, 15) is 9.59 Å². The number of rotatable bonds is 7. The van der Waals surface area contributed by atoms with Crippen LogP contribution in [-0.4, -0.2) is 25.2 Å². The number of unbranched alkanes of at least 4 members (excludes halogenated alkanes) is 3. The molecule has 0 saturated carbocycles. The van der Waals surface area contributed by atoms with Gasteiger partial charge in [0, 0.05) is 0 Å². The van der Waals surface area contributed by atoms with Crippen LogP contribution in [0.4, 0.5) is 0 Å². The first-order valence-corrected chi connectivity index (χ1v) is 5.56. The average Bonchev–Trinajstić information content (AvgIpc) is 2.24. The van der Waals surface area contributed by atoms with Gasteiger partial charge in [-0.15, -0.1) is 0 Å². The maximum Gasteiger partial charge on any atom is 0.417 e. The topological polar surface area (TPSA) is 52.6 Å². The van der Waals surface area contributed by atoms with Gasteiger partial charge >= 0.3 is 11.9 Å². The van der Waals surface area contributed by atoms with Crippen molar-refractivity contribution >= 4 is 11.9 Å². The van der Waals surface area contributed by atoms with E-state index in [4.69, 9.17) is 4.74 Å². The van der Waals surface area contributed by atoms with E-state index < -0.39 is 11.9 Å². The van der Waals surface area contributed by atoms with Crippen LogP contribution in [0.5, 0.6) is 0 Å². The van der Waals surface area contributed by atoms with Crippen molar-refractivity contribution in [2.45, 2.75) is 46.0 Å². The van der Waals surface area contributed by atoms with Crippen LogP contribution in [0.3, 0.4) is 0 Å². The molecule has 88 valence electrons.